The molecule has 5 heteroatoms. The van der Waals surface area contributed by atoms with Gasteiger partial charge in [0.1, 0.15) is 30.7 Å². The first-order valence-corrected chi connectivity index (χ1v) is 9.29. The summed E-state index contributed by atoms with van der Waals surface area (Å²) in [6.45, 7) is 0.636. The Balaban J connectivity index is 1.53. The van der Waals surface area contributed by atoms with Gasteiger partial charge in [-0.2, -0.15) is 0 Å². The van der Waals surface area contributed by atoms with Crippen LogP contribution in [0.4, 0.5) is 4.79 Å². The van der Waals surface area contributed by atoms with Gasteiger partial charge in [0.05, 0.1) is 0 Å². The molecule has 0 unspecified atom stereocenters. The summed E-state index contributed by atoms with van der Waals surface area (Å²) in [5.74, 6) is 2.59. The van der Waals surface area contributed by atoms with Gasteiger partial charge in [-0.3, -0.25) is 4.90 Å². The van der Waals surface area contributed by atoms with E-state index in [1.165, 1.54) is 4.90 Å². The highest BCUT2D eigenvalue weighted by Crippen LogP contribution is 2.34. The summed E-state index contributed by atoms with van der Waals surface area (Å²) >= 11 is 0. The van der Waals surface area contributed by atoms with Crippen LogP contribution in [0.25, 0.3) is 5.70 Å². The Kier molecular flexibility index (Phi) is 5.41. The number of benzene rings is 3. The highest BCUT2D eigenvalue weighted by Gasteiger charge is 2.37. The second kappa shape index (κ2) is 8.46. The minimum atomic E-state index is -0.554. The Hall–Kier alpha value is -3.82. The molecule has 0 saturated carbocycles. The van der Waals surface area contributed by atoms with Crippen molar-refractivity contribution in [2.24, 2.45) is 0 Å². The normalized spacial score (nSPS) is 15.5. The fourth-order valence-corrected chi connectivity index (χ4v) is 3.29. The summed E-state index contributed by atoms with van der Waals surface area (Å²) in [5, 5.41) is 0. The van der Waals surface area contributed by atoms with E-state index in [1.807, 2.05) is 66.6 Å². The van der Waals surface area contributed by atoms with Gasteiger partial charge in [0.25, 0.3) is 0 Å². The largest absolute Gasteiger partial charge is 0.489 e. The van der Waals surface area contributed by atoms with E-state index in [9.17, 15) is 9.59 Å². The predicted octanol–water partition coefficient (Wildman–Crippen LogP) is 4.63. The van der Waals surface area contributed by atoms with E-state index in [-0.39, 0.29) is 18.3 Å². The summed E-state index contributed by atoms with van der Waals surface area (Å²) in [6.07, 6.45) is -0.554. The van der Waals surface area contributed by atoms with Crippen LogP contribution in [0.2, 0.25) is 0 Å². The maximum absolute atomic E-state index is 12.3. The van der Waals surface area contributed by atoms with Crippen molar-refractivity contribution in [3.63, 3.8) is 0 Å². The van der Waals surface area contributed by atoms with Crippen LogP contribution < -0.4 is 4.74 Å². The molecule has 1 saturated heterocycles. The molecular formula is C24H19NO4. The highest BCUT2D eigenvalue weighted by atomic mass is 16.6. The summed E-state index contributed by atoms with van der Waals surface area (Å²) in [7, 11) is 0. The Morgan fingerprint density at radius 2 is 1.62 bits per heavy atom. The van der Waals surface area contributed by atoms with E-state index in [0.717, 1.165) is 11.1 Å². The lowest BCUT2D eigenvalue weighted by molar-refractivity contribution is 0.167. The van der Waals surface area contributed by atoms with Crippen molar-refractivity contribution >= 4 is 17.7 Å². The molecule has 5 nitrogen and oxygen atoms in total. The number of hydrogen-bond donors (Lipinski definition) is 0. The van der Waals surface area contributed by atoms with Crippen LogP contribution in [0.5, 0.6) is 5.75 Å². The van der Waals surface area contributed by atoms with Crippen LogP contribution in [0.1, 0.15) is 22.7 Å². The molecule has 1 heterocycles. The van der Waals surface area contributed by atoms with E-state index in [0.29, 0.717) is 17.9 Å². The van der Waals surface area contributed by atoms with Crippen molar-refractivity contribution in [1.82, 2.24) is 4.90 Å². The summed E-state index contributed by atoms with van der Waals surface area (Å²) in [6, 6.07) is 26.0. The third kappa shape index (κ3) is 4.05. The fraction of sp³-hybridized carbons (Fsp3) is 0.125. The van der Waals surface area contributed by atoms with E-state index in [2.05, 4.69) is 0 Å². The third-order valence-corrected chi connectivity index (χ3v) is 4.77. The second-order valence-corrected chi connectivity index (χ2v) is 6.62. The average molecular weight is 385 g/mol. The number of carbonyl (C=O) groups excluding carboxylic acids is 2. The summed E-state index contributed by atoms with van der Waals surface area (Å²) in [5.41, 5.74) is 2.69. The monoisotopic (exact) mass is 385 g/mol. The van der Waals surface area contributed by atoms with E-state index >= 15 is 0 Å². The lowest BCUT2D eigenvalue weighted by Gasteiger charge is -2.22. The molecule has 4 rings (SSSR count). The minimum Gasteiger partial charge on any atom is -0.489 e. The molecule has 1 aliphatic rings. The molecule has 1 amide bonds. The quantitative estimate of drug-likeness (QED) is 0.581. The molecule has 0 radical (unpaired) electrons. The molecule has 0 spiro atoms. The van der Waals surface area contributed by atoms with E-state index < -0.39 is 6.09 Å². The molecule has 3 aromatic carbocycles. The van der Waals surface area contributed by atoms with Crippen molar-refractivity contribution in [2.75, 3.05) is 6.61 Å². The SMILES string of the molecule is O=C=C(c1ccc(OCc2ccccc2)cc1)N1C(=O)OC[C@H]1c1ccccc1. The number of ether oxygens (including phenoxy) is 2. The Morgan fingerprint density at radius 1 is 0.966 bits per heavy atom. The number of rotatable bonds is 6. The predicted molar refractivity (Wildman–Crippen MR) is 109 cm³/mol. The average Bonchev–Trinajstić information content (AvgIpc) is 3.16. The topological polar surface area (TPSA) is 55.8 Å². The fourth-order valence-electron chi connectivity index (χ4n) is 3.29. The van der Waals surface area contributed by atoms with Gasteiger partial charge in [-0.05, 0) is 35.4 Å². The smallest absolute Gasteiger partial charge is 0.415 e. The van der Waals surface area contributed by atoms with Gasteiger partial charge >= 0.3 is 6.09 Å². The molecule has 1 aliphatic heterocycles. The van der Waals surface area contributed by atoms with Crippen molar-refractivity contribution < 1.29 is 19.1 Å². The summed E-state index contributed by atoms with van der Waals surface area (Å²) < 4.78 is 11.0. The van der Waals surface area contributed by atoms with E-state index in [4.69, 9.17) is 9.47 Å². The molecule has 1 atom stereocenters. The second-order valence-electron chi connectivity index (χ2n) is 6.62. The molecule has 1 fully saturated rings. The first-order chi connectivity index (χ1) is 14.3. The Morgan fingerprint density at radius 3 is 2.28 bits per heavy atom. The van der Waals surface area contributed by atoms with Crippen LogP contribution in [0.3, 0.4) is 0 Å². The van der Waals surface area contributed by atoms with Gasteiger partial charge in [0.15, 0.2) is 5.94 Å². The maximum atomic E-state index is 12.3. The molecule has 29 heavy (non-hydrogen) atoms. The van der Waals surface area contributed by atoms with Crippen LogP contribution in [0.15, 0.2) is 84.9 Å². The molecule has 0 aromatic heterocycles. The number of cyclic esters (lactones) is 1. The lowest BCUT2D eigenvalue weighted by atomic mass is 10.0. The van der Waals surface area contributed by atoms with Crippen molar-refractivity contribution in [3.05, 3.63) is 102 Å². The van der Waals surface area contributed by atoms with Crippen LogP contribution in [-0.2, 0) is 16.1 Å². The Bertz CT molecular complexity index is 1030. The lowest BCUT2D eigenvalue weighted by Crippen LogP contribution is -2.26. The van der Waals surface area contributed by atoms with Gasteiger partial charge < -0.3 is 9.47 Å². The molecule has 144 valence electrons. The van der Waals surface area contributed by atoms with Crippen molar-refractivity contribution in [3.8, 4) is 5.75 Å². The highest BCUT2D eigenvalue weighted by molar-refractivity contribution is 5.95. The minimum absolute atomic E-state index is 0.149. The zero-order chi connectivity index (χ0) is 20.1. The number of nitrogens with zero attached hydrogens (tertiary/aromatic N) is 1. The maximum Gasteiger partial charge on any atom is 0.415 e. The van der Waals surface area contributed by atoms with E-state index in [1.54, 1.807) is 24.3 Å². The first kappa shape index (κ1) is 18.5. The first-order valence-electron chi connectivity index (χ1n) is 9.29. The van der Waals surface area contributed by atoms with Crippen LogP contribution in [-0.4, -0.2) is 23.5 Å². The van der Waals surface area contributed by atoms with Crippen LogP contribution >= 0.6 is 0 Å². The number of carbonyl (C=O) groups is 1. The van der Waals surface area contributed by atoms with Gasteiger partial charge in [0.2, 0.25) is 0 Å². The van der Waals surface area contributed by atoms with Gasteiger partial charge in [-0.1, -0.05) is 60.7 Å². The third-order valence-electron chi connectivity index (χ3n) is 4.77. The summed E-state index contributed by atoms with van der Waals surface area (Å²) in [4.78, 5) is 25.5. The molecular weight excluding hydrogens is 366 g/mol. The number of hydrogen-bond acceptors (Lipinski definition) is 4. The standard InChI is InChI=1S/C24H19NO4/c26-15-22(25-23(17-29-24(25)27)19-9-5-2-6-10-19)20-11-13-21(14-12-20)28-16-18-7-3-1-4-8-18/h1-14,23H,16-17H2/t23-/m0/s1. The van der Waals surface area contributed by atoms with Crippen molar-refractivity contribution in [1.29, 1.82) is 0 Å². The van der Waals surface area contributed by atoms with Crippen LogP contribution in [0, 0.1) is 0 Å². The molecule has 0 bridgehead atoms. The van der Waals surface area contributed by atoms with Gasteiger partial charge in [-0.15, -0.1) is 0 Å². The number of amides is 1. The Labute approximate surface area is 168 Å². The zero-order valence-electron chi connectivity index (χ0n) is 15.7. The van der Waals surface area contributed by atoms with Gasteiger partial charge in [-0.25, -0.2) is 9.59 Å². The molecule has 3 aromatic rings. The zero-order valence-corrected chi connectivity index (χ0v) is 15.7. The van der Waals surface area contributed by atoms with Gasteiger partial charge in [0, 0.05) is 5.56 Å². The van der Waals surface area contributed by atoms with Crippen molar-refractivity contribution in [2.45, 2.75) is 12.6 Å². The molecule has 0 aliphatic carbocycles. The molecule has 0 N–H and O–H groups in total.